The molecule has 0 aromatic heterocycles. The van der Waals surface area contributed by atoms with Gasteiger partial charge in [-0.05, 0) is 93.0 Å². The normalized spacial score (nSPS) is 31.4. The fourth-order valence-corrected chi connectivity index (χ4v) is 7.01. The Morgan fingerprint density at radius 3 is 2.78 bits per heavy atom. The summed E-state index contributed by atoms with van der Waals surface area (Å²) in [5.74, 6) is 1.10. The van der Waals surface area contributed by atoms with Crippen LogP contribution in [0.1, 0.15) is 90.9 Å². The van der Waals surface area contributed by atoms with Crippen molar-refractivity contribution in [3.05, 3.63) is 35.5 Å². The second-order valence-electron chi connectivity index (χ2n) is 11.5. The molecule has 3 fully saturated rings. The fourth-order valence-electron chi connectivity index (χ4n) is 7.01. The van der Waals surface area contributed by atoms with Gasteiger partial charge in [0.05, 0.1) is 25.7 Å². The third-order valence-electron chi connectivity index (χ3n) is 9.00. The number of carboxylic acid groups (broad SMARTS) is 1. The lowest BCUT2D eigenvalue weighted by Crippen LogP contribution is -2.36. The highest BCUT2D eigenvalue weighted by Gasteiger charge is 2.50. The lowest BCUT2D eigenvalue weighted by molar-refractivity contribution is -0.138. The summed E-state index contributed by atoms with van der Waals surface area (Å²) in [6.45, 7) is 10.0. The molecule has 0 bridgehead atoms. The molecule has 0 aliphatic heterocycles. The number of rotatable bonds is 12. The van der Waals surface area contributed by atoms with Crippen LogP contribution in [0.25, 0.3) is 0 Å². The molecule has 0 spiro atoms. The molecular formula is C30H47NO5. The van der Waals surface area contributed by atoms with Crippen LogP contribution in [0.15, 0.2) is 35.5 Å². The Morgan fingerprint density at radius 1 is 1.19 bits per heavy atom. The van der Waals surface area contributed by atoms with E-state index in [1.54, 1.807) is 5.57 Å². The molecule has 3 rings (SSSR count). The van der Waals surface area contributed by atoms with Crippen LogP contribution in [0.2, 0.25) is 0 Å². The molecule has 3 aliphatic rings. The first-order chi connectivity index (χ1) is 17.2. The maximum absolute atomic E-state index is 12.2. The van der Waals surface area contributed by atoms with E-state index in [-0.39, 0.29) is 25.0 Å². The molecule has 3 N–H and O–H groups in total. The van der Waals surface area contributed by atoms with Gasteiger partial charge in [0.2, 0.25) is 5.91 Å². The van der Waals surface area contributed by atoms with Gasteiger partial charge in [-0.2, -0.15) is 0 Å². The first-order valence-electron chi connectivity index (χ1n) is 14.0. The summed E-state index contributed by atoms with van der Waals surface area (Å²) in [5.41, 5.74) is 4.33. The van der Waals surface area contributed by atoms with Gasteiger partial charge >= 0.3 is 5.97 Å². The number of nitrogens with one attached hydrogen (secondary N) is 1. The molecule has 0 radical (unpaired) electrons. The van der Waals surface area contributed by atoms with Crippen molar-refractivity contribution in [1.29, 1.82) is 0 Å². The van der Waals surface area contributed by atoms with Gasteiger partial charge in [0.1, 0.15) is 0 Å². The van der Waals surface area contributed by atoms with Crippen LogP contribution in [0.4, 0.5) is 0 Å². The molecule has 0 aromatic carbocycles. The summed E-state index contributed by atoms with van der Waals surface area (Å²) in [5, 5.41) is 21.5. The van der Waals surface area contributed by atoms with Gasteiger partial charge in [-0.1, -0.05) is 43.7 Å². The van der Waals surface area contributed by atoms with Crippen molar-refractivity contribution in [2.45, 2.75) is 97.0 Å². The van der Waals surface area contributed by atoms with Crippen molar-refractivity contribution in [3.63, 3.8) is 0 Å². The Bertz CT molecular complexity index is 846. The lowest BCUT2D eigenvalue weighted by Gasteiger charge is -2.44. The molecule has 6 heteroatoms. The average molecular weight is 502 g/mol. The molecule has 3 saturated carbocycles. The third kappa shape index (κ3) is 7.79. The van der Waals surface area contributed by atoms with Crippen LogP contribution in [0, 0.1) is 23.2 Å². The van der Waals surface area contributed by atoms with Crippen molar-refractivity contribution < 1.29 is 24.5 Å². The largest absolute Gasteiger partial charge is 0.481 e. The molecular weight excluding hydrogens is 454 g/mol. The second-order valence-corrected chi connectivity index (χ2v) is 11.5. The SMILES string of the molecule is C=C1CC[C@H](O)C/C1=C/C=C1\CCC[C@]2(C)[C@@H]([C@H](C)CCCC(=O)NCCOCCC(=O)O)CC[C@@H]12. The third-order valence-corrected chi connectivity index (χ3v) is 9.00. The Morgan fingerprint density at radius 2 is 2.00 bits per heavy atom. The number of aliphatic hydroxyl groups excluding tert-OH is 1. The maximum Gasteiger partial charge on any atom is 0.305 e. The zero-order valence-electron chi connectivity index (χ0n) is 22.4. The van der Waals surface area contributed by atoms with E-state index in [0.717, 1.165) is 32.1 Å². The van der Waals surface area contributed by atoms with Crippen molar-refractivity contribution in [3.8, 4) is 0 Å². The second kappa shape index (κ2) is 13.6. The quantitative estimate of drug-likeness (QED) is 0.304. The van der Waals surface area contributed by atoms with Gasteiger partial charge in [-0.15, -0.1) is 0 Å². The minimum absolute atomic E-state index is 0.0122. The van der Waals surface area contributed by atoms with E-state index in [0.29, 0.717) is 42.7 Å². The number of fused-ring (bicyclic) bond motifs is 1. The van der Waals surface area contributed by atoms with E-state index in [1.807, 2.05) is 0 Å². The zero-order valence-corrected chi connectivity index (χ0v) is 22.4. The minimum Gasteiger partial charge on any atom is -0.481 e. The van der Waals surface area contributed by atoms with Crippen molar-refractivity contribution in [2.75, 3.05) is 19.8 Å². The van der Waals surface area contributed by atoms with Crippen molar-refractivity contribution >= 4 is 11.9 Å². The Hall–Kier alpha value is -1.92. The number of ether oxygens (including phenoxy) is 1. The number of aliphatic hydroxyl groups is 1. The first kappa shape index (κ1) is 28.6. The fraction of sp³-hybridized carbons (Fsp3) is 0.733. The van der Waals surface area contributed by atoms with Crippen LogP contribution < -0.4 is 5.32 Å². The van der Waals surface area contributed by atoms with Crippen LogP contribution in [-0.2, 0) is 14.3 Å². The number of allylic oxidation sites excluding steroid dienone is 4. The zero-order chi connectivity index (χ0) is 26.1. The summed E-state index contributed by atoms with van der Waals surface area (Å²) < 4.78 is 5.22. The van der Waals surface area contributed by atoms with E-state index < -0.39 is 5.97 Å². The minimum atomic E-state index is -0.875. The number of hydrogen-bond acceptors (Lipinski definition) is 4. The Balaban J connectivity index is 1.45. The van der Waals surface area contributed by atoms with Gasteiger partial charge in [-0.25, -0.2) is 0 Å². The number of hydrogen-bond donors (Lipinski definition) is 3. The molecule has 0 aromatic rings. The van der Waals surface area contributed by atoms with Gasteiger partial charge < -0.3 is 20.3 Å². The van der Waals surface area contributed by atoms with Crippen LogP contribution in [-0.4, -0.2) is 48.0 Å². The molecule has 0 saturated heterocycles. The molecule has 0 unspecified atom stereocenters. The van der Waals surface area contributed by atoms with E-state index in [4.69, 9.17) is 9.84 Å². The number of aliphatic carboxylic acids is 1. The molecule has 36 heavy (non-hydrogen) atoms. The maximum atomic E-state index is 12.2. The number of carbonyl (C=O) groups is 2. The Labute approximate surface area is 217 Å². The summed E-state index contributed by atoms with van der Waals surface area (Å²) in [6.07, 6.45) is 15.5. The topological polar surface area (TPSA) is 95.9 Å². The molecule has 1 amide bonds. The van der Waals surface area contributed by atoms with E-state index in [2.05, 4.69) is 37.9 Å². The van der Waals surface area contributed by atoms with Crippen LogP contribution in [0.3, 0.4) is 0 Å². The summed E-state index contributed by atoms with van der Waals surface area (Å²) in [7, 11) is 0. The van der Waals surface area contributed by atoms with Gasteiger partial charge in [0.15, 0.2) is 0 Å². The van der Waals surface area contributed by atoms with Gasteiger partial charge in [0.25, 0.3) is 0 Å². The monoisotopic (exact) mass is 501 g/mol. The standard InChI is InChI=1S/C30H47NO5/c1-21-9-12-25(32)20-24(21)11-10-23-7-5-16-30(3)26(13-14-27(23)30)22(2)6-4-8-28(33)31-17-19-36-18-15-29(34)35/h10-11,22,25-27,32H,1,4-9,12-20H2,2-3H3,(H,31,33)(H,34,35)/b23-10+,24-11-/t22-,25+,26-,27+,30-/m1/s1. The highest BCUT2D eigenvalue weighted by atomic mass is 16.5. The first-order valence-corrected chi connectivity index (χ1v) is 14.0. The summed E-state index contributed by atoms with van der Waals surface area (Å²) >= 11 is 0. The van der Waals surface area contributed by atoms with Crippen LogP contribution in [0.5, 0.6) is 0 Å². The van der Waals surface area contributed by atoms with Gasteiger partial charge in [0, 0.05) is 13.0 Å². The number of carboxylic acids is 1. The van der Waals surface area contributed by atoms with Crippen molar-refractivity contribution in [1.82, 2.24) is 5.32 Å². The molecule has 6 nitrogen and oxygen atoms in total. The summed E-state index contributed by atoms with van der Waals surface area (Å²) in [4.78, 5) is 22.6. The Kier molecular flexibility index (Phi) is 10.8. The molecule has 0 heterocycles. The number of amides is 1. The molecule has 5 atom stereocenters. The van der Waals surface area contributed by atoms with Crippen molar-refractivity contribution in [2.24, 2.45) is 23.2 Å². The van der Waals surface area contributed by atoms with E-state index in [9.17, 15) is 14.7 Å². The highest BCUT2D eigenvalue weighted by Crippen LogP contribution is 2.59. The predicted octanol–water partition coefficient (Wildman–Crippen LogP) is 5.57. The summed E-state index contributed by atoms with van der Waals surface area (Å²) in [6, 6.07) is 0. The lowest BCUT2D eigenvalue weighted by atomic mass is 9.60. The van der Waals surface area contributed by atoms with E-state index >= 15 is 0 Å². The number of carbonyl (C=O) groups excluding carboxylic acids is 1. The predicted molar refractivity (Wildman–Crippen MR) is 142 cm³/mol. The van der Waals surface area contributed by atoms with Gasteiger partial charge in [-0.3, -0.25) is 9.59 Å². The smallest absolute Gasteiger partial charge is 0.305 e. The van der Waals surface area contributed by atoms with Crippen LogP contribution >= 0.6 is 0 Å². The molecule has 202 valence electrons. The highest BCUT2D eigenvalue weighted by molar-refractivity contribution is 5.75. The molecule has 3 aliphatic carbocycles. The van der Waals surface area contributed by atoms with E-state index in [1.165, 1.54) is 43.3 Å². The average Bonchev–Trinajstić information content (AvgIpc) is 3.19.